The molecule has 0 heterocycles. The highest BCUT2D eigenvalue weighted by molar-refractivity contribution is 14.1. The lowest BCUT2D eigenvalue weighted by atomic mass is 10.1. The van der Waals surface area contributed by atoms with Crippen molar-refractivity contribution < 1.29 is 4.39 Å². The topological polar surface area (TPSA) is 12.0 Å². The number of halogens is 3. The molecule has 94 valence electrons. The second-order valence-electron chi connectivity index (χ2n) is 4.02. The van der Waals surface area contributed by atoms with E-state index in [0.29, 0.717) is 4.47 Å². The number of nitrogens with one attached hydrogen (secondary N) is 1. The van der Waals surface area contributed by atoms with Gasteiger partial charge < -0.3 is 5.32 Å². The van der Waals surface area contributed by atoms with Crippen molar-refractivity contribution in [1.29, 1.82) is 0 Å². The van der Waals surface area contributed by atoms with Crippen LogP contribution in [0.25, 0.3) is 0 Å². The molecule has 0 fully saturated rings. The van der Waals surface area contributed by atoms with Crippen molar-refractivity contribution in [2.24, 2.45) is 0 Å². The Morgan fingerprint density at radius 2 is 1.94 bits per heavy atom. The van der Waals surface area contributed by atoms with Gasteiger partial charge in [0.1, 0.15) is 5.82 Å². The van der Waals surface area contributed by atoms with E-state index >= 15 is 0 Å². The molecule has 1 unspecified atom stereocenters. The fourth-order valence-electron chi connectivity index (χ4n) is 1.68. The summed E-state index contributed by atoms with van der Waals surface area (Å²) in [6.45, 7) is 2.06. The summed E-state index contributed by atoms with van der Waals surface area (Å²) in [5.74, 6) is -0.236. The van der Waals surface area contributed by atoms with Crippen molar-refractivity contribution in [3.05, 3.63) is 61.9 Å². The highest BCUT2D eigenvalue weighted by atomic mass is 127. The third-order valence-corrected chi connectivity index (χ3v) is 4.24. The molecule has 0 aliphatic carbocycles. The van der Waals surface area contributed by atoms with Crippen molar-refractivity contribution in [3.63, 3.8) is 0 Å². The van der Waals surface area contributed by atoms with E-state index in [9.17, 15) is 4.39 Å². The molecule has 0 spiro atoms. The van der Waals surface area contributed by atoms with E-state index in [1.54, 1.807) is 6.07 Å². The minimum atomic E-state index is -0.236. The summed E-state index contributed by atoms with van der Waals surface area (Å²) in [5, 5.41) is 3.42. The lowest BCUT2D eigenvalue weighted by Crippen LogP contribution is -2.07. The van der Waals surface area contributed by atoms with E-state index in [4.69, 9.17) is 0 Å². The SMILES string of the molecule is CC(Nc1ccccc1I)c1ccc(F)c(Br)c1. The molecular weight excluding hydrogens is 408 g/mol. The number of hydrogen-bond donors (Lipinski definition) is 1. The first kappa shape index (κ1) is 13.8. The van der Waals surface area contributed by atoms with Gasteiger partial charge >= 0.3 is 0 Å². The van der Waals surface area contributed by atoms with Gasteiger partial charge in [-0.05, 0) is 75.3 Å². The molecule has 2 aromatic rings. The molecule has 1 nitrogen and oxygen atoms in total. The normalized spacial score (nSPS) is 12.2. The molecule has 0 saturated carbocycles. The van der Waals surface area contributed by atoms with Gasteiger partial charge in [0.25, 0.3) is 0 Å². The predicted octanol–water partition coefficient (Wildman–Crippen LogP) is 5.37. The lowest BCUT2D eigenvalue weighted by molar-refractivity contribution is 0.619. The second-order valence-corrected chi connectivity index (χ2v) is 6.04. The number of para-hydroxylation sites is 1. The average Bonchev–Trinajstić information content (AvgIpc) is 2.35. The summed E-state index contributed by atoms with van der Waals surface area (Å²) in [6, 6.07) is 13.3. The van der Waals surface area contributed by atoms with Gasteiger partial charge in [-0.25, -0.2) is 4.39 Å². The van der Waals surface area contributed by atoms with Gasteiger partial charge in [0.15, 0.2) is 0 Å². The fourth-order valence-corrected chi connectivity index (χ4v) is 2.62. The number of benzene rings is 2. The molecule has 2 aromatic carbocycles. The molecular formula is C14H12BrFIN. The third kappa shape index (κ3) is 3.23. The van der Waals surface area contributed by atoms with Crippen LogP contribution >= 0.6 is 38.5 Å². The second kappa shape index (κ2) is 6.02. The zero-order valence-corrected chi connectivity index (χ0v) is 13.5. The third-order valence-electron chi connectivity index (χ3n) is 2.69. The van der Waals surface area contributed by atoms with Crippen molar-refractivity contribution in [1.82, 2.24) is 0 Å². The van der Waals surface area contributed by atoms with Crippen molar-refractivity contribution in [3.8, 4) is 0 Å². The minimum absolute atomic E-state index is 0.123. The Balaban J connectivity index is 2.19. The maximum absolute atomic E-state index is 13.2. The van der Waals surface area contributed by atoms with E-state index in [2.05, 4.69) is 56.8 Å². The van der Waals surface area contributed by atoms with E-state index in [-0.39, 0.29) is 11.9 Å². The van der Waals surface area contributed by atoms with Crippen molar-refractivity contribution in [2.75, 3.05) is 5.32 Å². The molecule has 0 radical (unpaired) electrons. The van der Waals surface area contributed by atoms with E-state index < -0.39 is 0 Å². The van der Waals surface area contributed by atoms with Crippen LogP contribution in [0.3, 0.4) is 0 Å². The molecule has 1 N–H and O–H groups in total. The zero-order chi connectivity index (χ0) is 13.1. The summed E-state index contributed by atoms with van der Waals surface area (Å²) >= 11 is 5.50. The van der Waals surface area contributed by atoms with E-state index in [1.807, 2.05) is 24.3 Å². The molecule has 0 saturated heterocycles. The summed E-state index contributed by atoms with van der Waals surface area (Å²) in [6.07, 6.45) is 0. The Kier molecular flexibility index (Phi) is 4.61. The van der Waals surface area contributed by atoms with Gasteiger partial charge in [-0.15, -0.1) is 0 Å². The van der Waals surface area contributed by atoms with E-state index in [1.165, 1.54) is 9.64 Å². The Bertz CT molecular complexity index is 559. The van der Waals surface area contributed by atoms with Gasteiger partial charge in [-0.1, -0.05) is 18.2 Å². The summed E-state index contributed by atoms with van der Waals surface area (Å²) in [4.78, 5) is 0. The molecule has 0 aliphatic heterocycles. The number of rotatable bonds is 3. The molecule has 18 heavy (non-hydrogen) atoms. The van der Waals surface area contributed by atoms with Gasteiger partial charge in [-0.2, -0.15) is 0 Å². The van der Waals surface area contributed by atoms with Gasteiger partial charge in [0, 0.05) is 15.3 Å². The minimum Gasteiger partial charge on any atom is -0.378 e. The first-order chi connectivity index (χ1) is 8.58. The van der Waals surface area contributed by atoms with Crippen LogP contribution in [-0.2, 0) is 0 Å². The molecule has 4 heteroatoms. The van der Waals surface area contributed by atoms with Crippen LogP contribution in [0.2, 0.25) is 0 Å². The van der Waals surface area contributed by atoms with Gasteiger partial charge in [-0.3, -0.25) is 0 Å². The van der Waals surface area contributed by atoms with Crippen molar-refractivity contribution in [2.45, 2.75) is 13.0 Å². The molecule has 2 rings (SSSR count). The molecule has 0 bridgehead atoms. The van der Waals surface area contributed by atoms with Gasteiger partial charge in [0.2, 0.25) is 0 Å². The Morgan fingerprint density at radius 1 is 1.22 bits per heavy atom. The first-order valence-electron chi connectivity index (χ1n) is 5.54. The molecule has 0 aliphatic rings. The monoisotopic (exact) mass is 419 g/mol. The largest absolute Gasteiger partial charge is 0.378 e. The maximum Gasteiger partial charge on any atom is 0.137 e. The number of hydrogen-bond acceptors (Lipinski definition) is 1. The zero-order valence-electron chi connectivity index (χ0n) is 9.75. The molecule has 1 atom stereocenters. The van der Waals surface area contributed by atoms with E-state index in [0.717, 1.165) is 11.3 Å². The summed E-state index contributed by atoms with van der Waals surface area (Å²) in [5.41, 5.74) is 2.13. The summed E-state index contributed by atoms with van der Waals surface area (Å²) < 4.78 is 14.9. The average molecular weight is 420 g/mol. The summed E-state index contributed by atoms with van der Waals surface area (Å²) in [7, 11) is 0. The van der Waals surface area contributed by atoms with Crippen LogP contribution in [0, 0.1) is 9.39 Å². The van der Waals surface area contributed by atoms with Crippen LogP contribution in [0.1, 0.15) is 18.5 Å². The Morgan fingerprint density at radius 3 is 2.61 bits per heavy atom. The Hall–Kier alpha value is -0.620. The van der Waals surface area contributed by atoms with Crippen LogP contribution in [-0.4, -0.2) is 0 Å². The van der Waals surface area contributed by atoms with Crippen LogP contribution in [0.4, 0.5) is 10.1 Å². The molecule has 0 amide bonds. The van der Waals surface area contributed by atoms with Gasteiger partial charge in [0.05, 0.1) is 4.47 Å². The highest BCUT2D eigenvalue weighted by Gasteiger charge is 2.09. The predicted molar refractivity (Wildman–Crippen MR) is 85.3 cm³/mol. The smallest absolute Gasteiger partial charge is 0.137 e. The Labute approximate surface area is 128 Å². The first-order valence-corrected chi connectivity index (χ1v) is 7.41. The number of anilines is 1. The quantitative estimate of drug-likeness (QED) is 0.660. The molecule has 0 aromatic heterocycles. The fraction of sp³-hybridized carbons (Fsp3) is 0.143. The lowest BCUT2D eigenvalue weighted by Gasteiger charge is -2.17. The van der Waals surface area contributed by atoms with Crippen LogP contribution in [0.15, 0.2) is 46.9 Å². The highest BCUT2D eigenvalue weighted by Crippen LogP contribution is 2.26. The van der Waals surface area contributed by atoms with Crippen LogP contribution in [0.5, 0.6) is 0 Å². The maximum atomic E-state index is 13.2. The standard InChI is InChI=1S/C14H12BrFIN/c1-9(10-6-7-12(16)11(15)8-10)18-14-5-3-2-4-13(14)17/h2-9,18H,1H3. The van der Waals surface area contributed by atoms with Crippen LogP contribution < -0.4 is 5.32 Å². The van der Waals surface area contributed by atoms with Crippen molar-refractivity contribution >= 4 is 44.2 Å².